The third-order valence-electron chi connectivity index (χ3n) is 5.10. The van der Waals surface area contributed by atoms with Crippen molar-refractivity contribution in [2.75, 3.05) is 32.7 Å². The van der Waals surface area contributed by atoms with Crippen LogP contribution in [0.25, 0.3) is 0 Å². The molecule has 5 heteroatoms. The molecule has 27 heavy (non-hydrogen) atoms. The standard InChI is InChI=1S/C22H27BrN2O2/c1-17-15-19(21(26)20(23)16-17)22(27)25-12-6-11-24(13-14-25)10-5-9-18-7-3-2-4-8-18/h2-4,7-8,15-16,26H,5-6,9-14H2,1H3. The summed E-state index contributed by atoms with van der Waals surface area (Å²) in [6, 6.07) is 14.2. The summed E-state index contributed by atoms with van der Waals surface area (Å²) in [6.07, 6.45) is 3.18. The third-order valence-corrected chi connectivity index (χ3v) is 5.70. The van der Waals surface area contributed by atoms with Gasteiger partial charge in [-0.05, 0) is 78.5 Å². The number of aryl methyl sites for hydroxylation is 2. The molecule has 0 spiro atoms. The number of hydrogen-bond donors (Lipinski definition) is 1. The lowest BCUT2D eigenvalue weighted by Crippen LogP contribution is -2.35. The number of benzene rings is 2. The predicted octanol–water partition coefficient (Wildman–Crippen LogP) is 4.24. The van der Waals surface area contributed by atoms with Crippen LogP contribution in [0.4, 0.5) is 0 Å². The van der Waals surface area contributed by atoms with Crippen molar-refractivity contribution in [2.24, 2.45) is 0 Å². The molecule has 0 bridgehead atoms. The number of phenolic OH excluding ortho intramolecular Hbond substituents is 1. The van der Waals surface area contributed by atoms with Gasteiger partial charge in [0, 0.05) is 19.6 Å². The van der Waals surface area contributed by atoms with Crippen LogP contribution in [0.1, 0.15) is 34.3 Å². The number of rotatable bonds is 5. The smallest absolute Gasteiger partial charge is 0.257 e. The summed E-state index contributed by atoms with van der Waals surface area (Å²) < 4.78 is 0.572. The van der Waals surface area contributed by atoms with Gasteiger partial charge >= 0.3 is 0 Å². The summed E-state index contributed by atoms with van der Waals surface area (Å²) in [5, 5.41) is 10.3. The summed E-state index contributed by atoms with van der Waals surface area (Å²) in [5.41, 5.74) is 2.73. The summed E-state index contributed by atoms with van der Waals surface area (Å²) in [6.45, 7) is 6.32. The van der Waals surface area contributed by atoms with Gasteiger partial charge in [0.25, 0.3) is 5.91 Å². The van der Waals surface area contributed by atoms with E-state index in [1.807, 2.05) is 17.9 Å². The number of amides is 1. The molecule has 2 aromatic rings. The minimum Gasteiger partial charge on any atom is -0.506 e. The SMILES string of the molecule is Cc1cc(Br)c(O)c(C(=O)N2CCCN(CCCc3ccccc3)CC2)c1. The number of carbonyl (C=O) groups excluding carboxylic acids is 1. The Bertz CT molecular complexity index is 779. The van der Waals surface area contributed by atoms with Crippen molar-refractivity contribution >= 4 is 21.8 Å². The Labute approximate surface area is 169 Å². The fourth-order valence-electron chi connectivity index (χ4n) is 3.62. The van der Waals surface area contributed by atoms with Gasteiger partial charge in [0.1, 0.15) is 5.75 Å². The van der Waals surface area contributed by atoms with E-state index in [0.717, 1.165) is 51.0 Å². The van der Waals surface area contributed by atoms with Gasteiger partial charge in [-0.15, -0.1) is 0 Å². The van der Waals surface area contributed by atoms with Gasteiger partial charge in [-0.25, -0.2) is 0 Å². The second-order valence-corrected chi connectivity index (χ2v) is 8.07. The second kappa shape index (κ2) is 9.38. The van der Waals surface area contributed by atoms with Gasteiger partial charge in [0.15, 0.2) is 0 Å². The molecule has 0 unspecified atom stereocenters. The molecule has 1 fully saturated rings. The van der Waals surface area contributed by atoms with Gasteiger partial charge in [0.2, 0.25) is 0 Å². The number of halogens is 1. The minimum atomic E-state index is -0.0805. The lowest BCUT2D eigenvalue weighted by molar-refractivity contribution is 0.0758. The Balaban J connectivity index is 1.54. The fraction of sp³-hybridized carbons (Fsp3) is 0.409. The molecule has 0 aromatic heterocycles. The average Bonchev–Trinajstić information content (AvgIpc) is 2.91. The van der Waals surface area contributed by atoms with Crippen LogP contribution in [-0.2, 0) is 6.42 Å². The number of carbonyl (C=O) groups is 1. The zero-order valence-corrected chi connectivity index (χ0v) is 17.4. The van der Waals surface area contributed by atoms with Crippen LogP contribution in [0.15, 0.2) is 46.9 Å². The van der Waals surface area contributed by atoms with E-state index in [2.05, 4.69) is 51.2 Å². The highest BCUT2D eigenvalue weighted by atomic mass is 79.9. The molecular weight excluding hydrogens is 404 g/mol. The number of hydrogen-bond acceptors (Lipinski definition) is 3. The molecule has 1 heterocycles. The van der Waals surface area contributed by atoms with Crippen molar-refractivity contribution < 1.29 is 9.90 Å². The van der Waals surface area contributed by atoms with Crippen molar-refractivity contribution in [3.63, 3.8) is 0 Å². The molecule has 2 aromatic carbocycles. The molecule has 1 saturated heterocycles. The molecule has 1 aliphatic rings. The van der Waals surface area contributed by atoms with E-state index in [1.54, 1.807) is 6.07 Å². The molecule has 1 amide bonds. The number of nitrogens with zero attached hydrogens (tertiary/aromatic N) is 2. The first kappa shape index (κ1) is 19.9. The highest BCUT2D eigenvalue weighted by Crippen LogP contribution is 2.30. The van der Waals surface area contributed by atoms with Crippen LogP contribution >= 0.6 is 15.9 Å². The van der Waals surface area contributed by atoms with E-state index in [1.165, 1.54) is 5.56 Å². The van der Waals surface area contributed by atoms with E-state index in [4.69, 9.17) is 0 Å². The minimum absolute atomic E-state index is 0.0366. The zero-order chi connectivity index (χ0) is 19.2. The van der Waals surface area contributed by atoms with E-state index in [0.29, 0.717) is 16.6 Å². The number of aromatic hydroxyl groups is 1. The lowest BCUT2D eigenvalue weighted by atomic mass is 10.1. The van der Waals surface area contributed by atoms with E-state index < -0.39 is 0 Å². The fourth-order valence-corrected chi connectivity index (χ4v) is 4.19. The van der Waals surface area contributed by atoms with E-state index >= 15 is 0 Å². The first-order valence-corrected chi connectivity index (χ1v) is 10.4. The topological polar surface area (TPSA) is 43.8 Å². The van der Waals surface area contributed by atoms with E-state index in [9.17, 15) is 9.90 Å². The molecule has 144 valence electrons. The van der Waals surface area contributed by atoms with Gasteiger partial charge in [-0.1, -0.05) is 30.3 Å². The molecular formula is C22H27BrN2O2. The quantitative estimate of drug-likeness (QED) is 0.770. The van der Waals surface area contributed by atoms with Crippen LogP contribution in [0.3, 0.4) is 0 Å². The normalized spacial score (nSPS) is 15.6. The molecule has 3 rings (SSSR count). The Morgan fingerprint density at radius 1 is 1.11 bits per heavy atom. The van der Waals surface area contributed by atoms with E-state index in [-0.39, 0.29) is 11.7 Å². The number of phenols is 1. The maximum absolute atomic E-state index is 12.9. The maximum atomic E-state index is 12.9. The average molecular weight is 431 g/mol. The summed E-state index contributed by atoms with van der Waals surface area (Å²) in [5.74, 6) is -0.0439. The van der Waals surface area contributed by atoms with Crippen molar-refractivity contribution in [1.82, 2.24) is 9.80 Å². The second-order valence-electron chi connectivity index (χ2n) is 7.22. The molecule has 4 nitrogen and oxygen atoms in total. The van der Waals surface area contributed by atoms with Crippen LogP contribution in [0, 0.1) is 6.92 Å². The highest BCUT2D eigenvalue weighted by Gasteiger charge is 2.23. The zero-order valence-electron chi connectivity index (χ0n) is 15.8. The molecule has 0 atom stereocenters. The third kappa shape index (κ3) is 5.33. The van der Waals surface area contributed by atoms with Crippen LogP contribution in [0.5, 0.6) is 5.75 Å². The summed E-state index contributed by atoms with van der Waals surface area (Å²) >= 11 is 3.33. The van der Waals surface area contributed by atoms with Crippen LogP contribution < -0.4 is 0 Å². The monoisotopic (exact) mass is 430 g/mol. The van der Waals surface area contributed by atoms with Crippen molar-refractivity contribution in [3.05, 3.63) is 63.6 Å². The van der Waals surface area contributed by atoms with Gasteiger partial charge in [-0.2, -0.15) is 0 Å². The molecule has 0 radical (unpaired) electrons. The Morgan fingerprint density at radius 2 is 1.89 bits per heavy atom. The van der Waals surface area contributed by atoms with Gasteiger partial charge in [-0.3, -0.25) is 4.79 Å². The van der Waals surface area contributed by atoms with Crippen LogP contribution in [0.2, 0.25) is 0 Å². The van der Waals surface area contributed by atoms with Gasteiger partial charge in [0.05, 0.1) is 10.0 Å². The molecule has 0 saturated carbocycles. The summed E-state index contributed by atoms with van der Waals surface area (Å²) in [4.78, 5) is 17.2. The predicted molar refractivity (Wildman–Crippen MR) is 112 cm³/mol. The first-order chi connectivity index (χ1) is 13.0. The molecule has 1 N–H and O–H groups in total. The lowest BCUT2D eigenvalue weighted by Gasteiger charge is -2.22. The largest absolute Gasteiger partial charge is 0.506 e. The first-order valence-electron chi connectivity index (χ1n) is 9.59. The summed E-state index contributed by atoms with van der Waals surface area (Å²) in [7, 11) is 0. The maximum Gasteiger partial charge on any atom is 0.257 e. The van der Waals surface area contributed by atoms with Gasteiger partial charge < -0.3 is 14.9 Å². The highest BCUT2D eigenvalue weighted by molar-refractivity contribution is 9.10. The molecule has 0 aliphatic carbocycles. The molecule has 1 aliphatic heterocycles. The van der Waals surface area contributed by atoms with Crippen molar-refractivity contribution in [3.8, 4) is 5.75 Å². The van der Waals surface area contributed by atoms with Crippen LogP contribution in [-0.4, -0.2) is 53.5 Å². The Kier molecular flexibility index (Phi) is 6.91. The van der Waals surface area contributed by atoms with Crippen molar-refractivity contribution in [1.29, 1.82) is 0 Å². The van der Waals surface area contributed by atoms with Crippen molar-refractivity contribution in [2.45, 2.75) is 26.2 Å². The Morgan fingerprint density at radius 3 is 2.67 bits per heavy atom. The Hall–Kier alpha value is -1.85.